The van der Waals surface area contributed by atoms with Crippen molar-refractivity contribution in [1.82, 2.24) is 9.88 Å². The molecule has 0 amide bonds. The number of carboxylic acids is 1. The van der Waals surface area contributed by atoms with Crippen LogP contribution in [0.3, 0.4) is 0 Å². The molecule has 1 saturated carbocycles. The molecule has 0 bridgehead atoms. The topological polar surface area (TPSA) is 54.3 Å². The fourth-order valence-electron chi connectivity index (χ4n) is 2.29. The number of nitrogens with zero attached hydrogens (tertiary/aromatic N) is 1. The average molecular weight is 244 g/mol. The fourth-order valence-corrected chi connectivity index (χ4v) is 2.29. The zero-order valence-corrected chi connectivity index (χ0v) is 10.3. The van der Waals surface area contributed by atoms with E-state index in [-0.39, 0.29) is 0 Å². The molecule has 0 spiro atoms. The van der Waals surface area contributed by atoms with Gasteiger partial charge in [0.1, 0.15) is 0 Å². The van der Waals surface area contributed by atoms with Crippen LogP contribution in [-0.4, -0.2) is 21.7 Å². The number of carbonyl (C=O) groups is 1. The number of aryl methyl sites for hydroxylation is 1. The zero-order chi connectivity index (χ0) is 12.7. The number of aromatic nitrogens is 1. The Morgan fingerprint density at radius 3 is 2.94 bits per heavy atom. The first-order valence-corrected chi connectivity index (χ1v) is 6.20. The Labute approximate surface area is 105 Å². The molecule has 2 aromatic rings. The summed E-state index contributed by atoms with van der Waals surface area (Å²) < 4.78 is 2.05. The summed E-state index contributed by atoms with van der Waals surface area (Å²) in [4.78, 5) is 11.0. The van der Waals surface area contributed by atoms with E-state index >= 15 is 0 Å². The van der Waals surface area contributed by atoms with E-state index in [2.05, 4.69) is 11.5 Å². The molecule has 4 nitrogen and oxygen atoms in total. The lowest BCUT2D eigenvalue weighted by Crippen LogP contribution is -2.14. The van der Waals surface area contributed by atoms with E-state index in [9.17, 15) is 4.79 Å². The molecule has 2 N–H and O–H groups in total. The molecular weight excluding hydrogens is 228 g/mol. The average Bonchev–Trinajstić information content (AvgIpc) is 3.12. The second-order valence-corrected chi connectivity index (χ2v) is 4.96. The lowest BCUT2D eigenvalue weighted by molar-refractivity contribution is 0.0697. The van der Waals surface area contributed by atoms with Gasteiger partial charge in [-0.15, -0.1) is 0 Å². The van der Waals surface area contributed by atoms with Crippen LogP contribution in [0.2, 0.25) is 0 Å². The fraction of sp³-hybridized carbons (Fsp3) is 0.357. The van der Waals surface area contributed by atoms with Gasteiger partial charge in [0, 0.05) is 36.7 Å². The van der Waals surface area contributed by atoms with Gasteiger partial charge in [0.05, 0.1) is 5.56 Å². The summed E-state index contributed by atoms with van der Waals surface area (Å²) >= 11 is 0. The van der Waals surface area contributed by atoms with E-state index in [0.29, 0.717) is 11.6 Å². The van der Waals surface area contributed by atoms with Gasteiger partial charge in [-0.25, -0.2) is 4.79 Å². The van der Waals surface area contributed by atoms with E-state index in [0.717, 1.165) is 17.4 Å². The Balaban J connectivity index is 2.00. The number of hydrogen-bond donors (Lipinski definition) is 2. The van der Waals surface area contributed by atoms with Crippen molar-refractivity contribution in [3.8, 4) is 0 Å². The minimum Gasteiger partial charge on any atom is -0.478 e. The van der Waals surface area contributed by atoms with Gasteiger partial charge in [-0.1, -0.05) is 0 Å². The first kappa shape index (κ1) is 11.3. The molecule has 1 aromatic carbocycles. The number of hydrogen-bond acceptors (Lipinski definition) is 2. The maximum absolute atomic E-state index is 11.0. The first-order valence-electron chi connectivity index (χ1n) is 6.20. The number of benzene rings is 1. The number of rotatable bonds is 4. The van der Waals surface area contributed by atoms with Gasteiger partial charge in [-0.05, 0) is 36.6 Å². The number of fused-ring (bicyclic) bond motifs is 1. The van der Waals surface area contributed by atoms with E-state index in [1.165, 1.54) is 18.4 Å². The summed E-state index contributed by atoms with van der Waals surface area (Å²) in [6, 6.07) is 5.95. The van der Waals surface area contributed by atoms with Crippen molar-refractivity contribution < 1.29 is 9.90 Å². The number of carboxylic acid groups (broad SMARTS) is 1. The van der Waals surface area contributed by atoms with Crippen LogP contribution in [0, 0.1) is 0 Å². The predicted octanol–water partition coefficient (Wildman–Crippen LogP) is 2.13. The minimum absolute atomic E-state index is 0.348. The SMILES string of the molecule is Cn1cc(CNC2CC2)c2cc(C(=O)O)ccc21. The molecule has 94 valence electrons. The van der Waals surface area contributed by atoms with Crippen molar-refractivity contribution in [3.63, 3.8) is 0 Å². The number of aromatic carboxylic acids is 1. The normalized spacial score (nSPS) is 15.2. The summed E-state index contributed by atoms with van der Waals surface area (Å²) in [6.07, 6.45) is 4.59. The highest BCUT2D eigenvalue weighted by atomic mass is 16.4. The smallest absolute Gasteiger partial charge is 0.335 e. The third kappa shape index (κ3) is 1.99. The minimum atomic E-state index is -0.873. The van der Waals surface area contributed by atoms with Gasteiger partial charge in [-0.3, -0.25) is 0 Å². The van der Waals surface area contributed by atoms with Crippen molar-refractivity contribution in [2.24, 2.45) is 7.05 Å². The van der Waals surface area contributed by atoms with Crippen molar-refractivity contribution in [2.45, 2.75) is 25.4 Å². The van der Waals surface area contributed by atoms with Crippen LogP contribution >= 0.6 is 0 Å². The Morgan fingerprint density at radius 1 is 1.50 bits per heavy atom. The second kappa shape index (κ2) is 4.14. The second-order valence-electron chi connectivity index (χ2n) is 4.96. The maximum Gasteiger partial charge on any atom is 0.335 e. The van der Waals surface area contributed by atoms with Gasteiger partial charge in [0.25, 0.3) is 0 Å². The molecule has 0 radical (unpaired) electrons. The quantitative estimate of drug-likeness (QED) is 0.866. The van der Waals surface area contributed by atoms with E-state index < -0.39 is 5.97 Å². The molecule has 3 rings (SSSR count). The third-order valence-corrected chi connectivity index (χ3v) is 3.48. The van der Waals surface area contributed by atoms with E-state index in [1.54, 1.807) is 12.1 Å². The maximum atomic E-state index is 11.0. The molecule has 0 atom stereocenters. The van der Waals surface area contributed by atoms with Crippen molar-refractivity contribution in [1.29, 1.82) is 0 Å². The molecule has 0 saturated heterocycles. The first-order chi connectivity index (χ1) is 8.65. The van der Waals surface area contributed by atoms with Gasteiger partial charge in [-0.2, -0.15) is 0 Å². The summed E-state index contributed by atoms with van der Waals surface area (Å²) in [6.45, 7) is 0.811. The molecule has 4 heteroatoms. The van der Waals surface area contributed by atoms with Crippen molar-refractivity contribution in [2.75, 3.05) is 0 Å². The molecular formula is C14H16N2O2. The highest BCUT2D eigenvalue weighted by Crippen LogP contribution is 2.24. The molecule has 1 fully saturated rings. The standard InChI is InChI=1S/C14H16N2O2/c1-16-8-10(7-15-11-3-4-11)12-6-9(14(17)18)2-5-13(12)16/h2,5-6,8,11,15H,3-4,7H2,1H3,(H,17,18). The summed E-state index contributed by atoms with van der Waals surface area (Å²) in [5.74, 6) is -0.873. The van der Waals surface area contributed by atoms with Gasteiger partial charge in [0.2, 0.25) is 0 Å². The Morgan fingerprint density at radius 2 is 2.28 bits per heavy atom. The van der Waals surface area contributed by atoms with Crippen LogP contribution in [0.15, 0.2) is 24.4 Å². The molecule has 1 aliphatic rings. The van der Waals surface area contributed by atoms with Crippen LogP contribution in [0.4, 0.5) is 0 Å². The molecule has 1 aromatic heterocycles. The largest absolute Gasteiger partial charge is 0.478 e. The molecule has 1 aliphatic carbocycles. The van der Waals surface area contributed by atoms with E-state index in [1.807, 2.05) is 17.7 Å². The molecule has 0 unspecified atom stereocenters. The summed E-state index contributed by atoms with van der Waals surface area (Å²) in [5.41, 5.74) is 2.59. The zero-order valence-electron chi connectivity index (χ0n) is 10.3. The van der Waals surface area contributed by atoms with Crippen LogP contribution in [0.1, 0.15) is 28.8 Å². The molecule has 18 heavy (non-hydrogen) atoms. The highest BCUT2D eigenvalue weighted by molar-refractivity contribution is 5.94. The van der Waals surface area contributed by atoms with Crippen LogP contribution < -0.4 is 5.32 Å². The third-order valence-electron chi connectivity index (χ3n) is 3.48. The van der Waals surface area contributed by atoms with Crippen LogP contribution in [0.5, 0.6) is 0 Å². The molecule has 1 heterocycles. The van der Waals surface area contributed by atoms with Gasteiger partial charge >= 0.3 is 5.97 Å². The van der Waals surface area contributed by atoms with Crippen molar-refractivity contribution in [3.05, 3.63) is 35.5 Å². The van der Waals surface area contributed by atoms with Gasteiger partial charge in [0.15, 0.2) is 0 Å². The lowest BCUT2D eigenvalue weighted by atomic mass is 10.1. The monoisotopic (exact) mass is 244 g/mol. The van der Waals surface area contributed by atoms with Crippen LogP contribution in [-0.2, 0) is 13.6 Å². The van der Waals surface area contributed by atoms with Crippen molar-refractivity contribution >= 4 is 16.9 Å². The Hall–Kier alpha value is -1.81. The Bertz CT molecular complexity index is 612. The molecule has 0 aliphatic heterocycles. The summed E-state index contributed by atoms with van der Waals surface area (Å²) in [5, 5.41) is 13.5. The summed E-state index contributed by atoms with van der Waals surface area (Å²) in [7, 11) is 1.99. The van der Waals surface area contributed by atoms with E-state index in [4.69, 9.17) is 5.11 Å². The van der Waals surface area contributed by atoms with Gasteiger partial charge < -0.3 is 15.0 Å². The lowest BCUT2D eigenvalue weighted by Gasteiger charge is -2.01. The Kier molecular flexibility index (Phi) is 2.59. The van der Waals surface area contributed by atoms with Crippen LogP contribution in [0.25, 0.3) is 10.9 Å². The highest BCUT2D eigenvalue weighted by Gasteiger charge is 2.20. The predicted molar refractivity (Wildman–Crippen MR) is 69.7 cm³/mol. The number of nitrogens with one attached hydrogen (secondary N) is 1.